The van der Waals surface area contributed by atoms with Gasteiger partial charge in [-0.2, -0.15) is 13.2 Å². The van der Waals surface area contributed by atoms with Crippen LogP contribution in [0.5, 0.6) is 5.75 Å². The summed E-state index contributed by atoms with van der Waals surface area (Å²) >= 11 is 0. The van der Waals surface area contributed by atoms with E-state index >= 15 is 0 Å². The molecule has 9 nitrogen and oxygen atoms in total. The van der Waals surface area contributed by atoms with E-state index in [4.69, 9.17) is 19.4 Å². The second-order valence-corrected chi connectivity index (χ2v) is 10.1. The molecule has 2 N–H and O–H groups in total. The van der Waals surface area contributed by atoms with Crippen molar-refractivity contribution in [2.75, 3.05) is 21.3 Å². The lowest BCUT2D eigenvalue weighted by Gasteiger charge is -2.33. The number of carboxylic acid groups (broad SMARTS) is 1. The Morgan fingerprint density at radius 3 is 1.93 bits per heavy atom. The maximum Gasteiger partial charge on any atom is 0.490 e. The molecule has 4 atom stereocenters. The highest BCUT2D eigenvalue weighted by molar-refractivity contribution is 6.09. The first-order valence-corrected chi connectivity index (χ1v) is 12.4. The van der Waals surface area contributed by atoms with Crippen LogP contribution >= 0.6 is 0 Å². The maximum atomic E-state index is 13.1. The van der Waals surface area contributed by atoms with Crippen molar-refractivity contribution in [2.45, 2.75) is 38.0 Å². The number of hydrogen-bond acceptors (Lipinski definition) is 7. The summed E-state index contributed by atoms with van der Waals surface area (Å²) in [5.74, 6) is -4.41. The minimum absolute atomic E-state index is 0.113. The third-order valence-electron chi connectivity index (χ3n) is 7.09. The Bertz CT molecular complexity index is 1260. The van der Waals surface area contributed by atoms with Gasteiger partial charge in [0.1, 0.15) is 11.3 Å². The molecule has 12 heteroatoms. The Balaban J connectivity index is 0.000000559. The summed E-state index contributed by atoms with van der Waals surface area (Å²) in [6.07, 6.45) is -4.69. The maximum absolute atomic E-state index is 13.1. The van der Waals surface area contributed by atoms with Crippen LogP contribution in [0.25, 0.3) is 11.1 Å². The summed E-state index contributed by atoms with van der Waals surface area (Å²) in [5, 5.41) is 10.5. The number of rotatable bonds is 6. The number of nitrogens with one attached hydrogen (secondary N) is 1. The summed E-state index contributed by atoms with van der Waals surface area (Å²) in [4.78, 5) is 49.4. The second kappa shape index (κ2) is 11.7. The molecule has 2 aliphatic heterocycles. The number of esters is 1. The average Bonchev–Trinajstić information content (AvgIpc) is 3.37. The van der Waals surface area contributed by atoms with Gasteiger partial charge in [0.25, 0.3) is 0 Å². The molecule has 0 bridgehead atoms. The molecule has 216 valence electrons. The molecule has 0 unspecified atom stereocenters. The number of imide groups is 1. The number of benzene rings is 2. The van der Waals surface area contributed by atoms with Crippen LogP contribution in [0.3, 0.4) is 0 Å². The molecule has 2 aromatic carbocycles. The highest BCUT2D eigenvalue weighted by Gasteiger charge is 2.68. The fraction of sp³-hybridized carbons (Fsp3) is 0.429. The van der Waals surface area contributed by atoms with Crippen LogP contribution in [0.15, 0.2) is 48.5 Å². The van der Waals surface area contributed by atoms with E-state index in [0.717, 1.165) is 27.3 Å². The van der Waals surface area contributed by atoms with Crippen molar-refractivity contribution in [1.82, 2.24) is 10.2 Å². The van der Waals surface area contributed by atoms with Gasteiger partial charge < -0.3 is 14.6 Å². The second-order valence-electron chi connectivity index (χ2n) is 10.1. The Morgan fingerprint density at radius 2 is 1.50 bits per heavy atom. The van der Waals surface area contributed by atoms with Gasteiger partial charge in [-0.3, -0.25) is 24.6 Å². The number of nitrogens with zero attached hydrogens (tertiary/aromatic N) is 1. The zero-order valence-corrected chi connectivity index (χ0v) is 22.6. The number of aliphatic carboxylic acids is 1. The van der Waals surface area contributed by atoms with Gasteiger partial charge in [-0.05, 0) is 41.2 Å². The molecule has 2 heterocycles. The number of fused-ring (bicyclic) bond motifs is 1. The van der Waals surface area contributed by atoms with E-state index in [2.05, 4.69) is 5.32 Å². The summed E-state index contributed by atoms with van der Waals surface area (Å²) in [6, 6.07) is 15.2. The molecular weight excluding hydrogens is 533 g/mol. The van der Waals surface area contributed by atoms with Crippen LogP contribution in [0.1, 0.15) is 31.9 Å². The predicted octanol–water partition coefficient (Wildman–Crippen LogP) is 3.83. The number of halogens is 3. The van der Waals surface area contributed by atoms with E-state index in [1.54, 1.807) is 7.11 Å². The van der Waals surface area contributed by atoms with Gasteiger partial charge in [0.2, 0.25) is 11.8 Å². The van der Waals surface area contributed by atoms with Crippen molar-refractivity contribution >= 4 is 23.8 Å². The highest BCUT2D eigenvalue weighted by atomic mass is 19.4. The molecule has 4 rings (SSSR count). The standard InChI is InChI=1S/C26H30N2O5.C2HF3O2/c1-15(2)14-26(25(31)33-5)21-20(23(29)28(3)24(21)30)22(27-26)18-8-6-16(7-9-18)17-10-12-19(32-4)13-11-17;3-2(4,5)1(6)7/h6-13,15,20-22,27H,14H2,1-5H3;(H,6,7)/t20-,21-,22-,26-;/m1./s1. The summed E-state index contributed by atoms with van der Waals surface area (Å²) in [5.41, 5.74) is 1.66. The number of carboxylic acids is 1. The zero-order valence-electron chi connectivity index (χ0n) is 22.6. The van der Waals surface area contributed by atoms with Gasteiger partial charge in [0.05, 0.1) is 26.1 Å². The van der Waals surface area contributed by atoms with E-state index < -0.39 is 41.5 Å². The number of amides is 2. The Hall–Kier alpha value is -3.93. The lowest BCUT2D eigenvalue weighted by Crippen LogP contribution is -2.56. The average molecular weight is 565 g/mol. The fourth-order valence-corrected chi connectivity index (χ4v) is 5.38. The van der Waals surface area contributed by atoms with Crippen LogP contribution in [0.2, 0.25) is 0 Å². The number of carbonyl (C=O) groups excluding carboxylic acids is 3. The molecule has 0 spiro atoms. The van der Waals surface area contributed by atoms with Crippen molar-refractivity contribution < 1.29 is 46.9 Å². The van der Waals surface area contributed by atoms with Crippen LogP contribution in [0, 0.1) is 17.8 Å². The highest BCUT2D eigenvalue weighted by Crippen LogP contribution is 2.51. The van der Waals surface area contributed by atoms with E-state index in [0.29, 0.717) is 6.42 Å². The van der Waals surface area contributed by atoms with Crippen molar-refractivity contribution in [2.24, 2.45) is 17.8 Å². The van der Waals surface area contributed by atoms with E-state index in [1.807, 2.05) is 62.4 Å². The van der Waals surface area contributed by atoms with E-state index in [9.17, 15) is 27.6 Å². The first-order chi connectivity index (χ1) is 18.7. The lowest BCUT2D eigenvalue weighted by molar-refractivity contribution is -0.192. The molecule has 2 amide bonds. The van der Waals surface area contributed by atoms with Crippen molar-refractivity contribution in [3.8, 4) is 16.9 Å². The minimum Gasteiger partial charge on any atom is -0.497 e. The van der Waals surface area contributed by atoms with Crippen molar-refractivity contribution in [3.63, 3.8) is 0 Å². The van der Waals surface area contributed by atoms with Gasteiger partial charge >= 0.3 is 18.1 Å². The molecule has 0 radical (unpaired) electrons. The monoisotopic (exact) mass is 564 g/mol. The Morgan fingerprint density at radius 1 is 1.00 bits per heavy atom. The Kier molecular flexibility index (Phi) is 8.93. The van der Waals surface area contributed by atoms with Gasteiger partial charge in [-0.25, -0.2) is 4.79 Å². The molecule has 0 aliphatic carbocycles. The molecule has 0 aromatic heterocycles. The fourth-order valence-electron chi connectivity index (χ4n) is 5.38. The normalized spacial score (nSPS) is 23.9. The number of likely N-dealkylation sites (tertiary alicyclic amines) is 1. The number of alkyl halides is 3. The van der Waals surface area contributed by atoms with Crippen molar-refractivity contribution in [3.05, 3.63) is 54.1 Å². The molecule has 40 heavy (non-hydrogen) atoms. The predicted molar refractivity (Wildman–Crippen MR) is 137 cm³/mol. The van der Waals surface area contributed by atoms with Gasteiger partial charge in [-0.1, -0.05) is 50.2 Å². The quantitative estimate of drug-likeness (QED) is 0.401. The van der Waals surface area contributed by atoms with Gasteiger partial charge in [0, 0.05) is 13.1 Å². The SMILES string of the molecule is COC(=O)[C@]1(CC(C)C)N[C@H](c2ccc(-c3ccc(OC)cc3)cc2)[C@@H]2C(=O)N(C)C(=O)[C@@H]21.O=C(O)C(F)(F)F. The third-order valence-corrected chi connectivity index (χ3v) is 7.09. The smallest absolute Gasteiger partial charge is 0.490 e. The number of ether oxygens (including phenoxy) is 2. The largest absolute Gasteiger partial charge is 0.497 e. The minimum atomic E-state index is -5.08. The van der Waals surface area contributed by atoms with Gasteiger partial charge in [0.15, 0.2) is 0 Å². The van der Waals surface area contributed by atoms with Crippen LogP contribution in [-0.4, -0.2) is 66.7 Å². The summed E-state index contributed by atoms with van der Waals surface area (Å²) < 4.78 is 42.1. The Labute approximate surface area is 229 Å². The first-order valence-electron chi connectivity index (χ1n) is 12.4. The molecule has 2 saturated heterocycles. The third kappa shape index (κ3) is 5.81. The van der Waals surface area contributed by atoms with Crippen LogP contribution in [-0.2, 0) is 23.9 Å². The summed E-state index contributed by atoms with van der Waals surface area (Å²) in [6.45, 7) is 3.98. The lowest BCUT2D eigenvalue weighted by atomic mass is 9.75. The van der Waals surface area contributed by atoms with E-state index in [1.165, 1.54) is 14.2 Å². The molecular formula is C28H31F3N2O7. The number of methoxy groups -OCH3 is 2. The number of carbonyl (C=O) groups is 4. The molecule has 0 saturated carbocycles. The molecule has 2 aromatic rings. The molecule has 2 fully saturated rings. The summed E-state index contributed by atoms with van der Waals surface area (Å²) in [7, 11) is 4.44. The van der Waals surface area contributed by atoms with Crippen LogP contribution in [0.4, 0.5) is 13.2 Å². The topological polar surface area (TPSA) is 122 Å². The molecule has 2 aliphatic rings. The number of hydrogen-bond donors (Lipinski definition) is 2. The first kappa shape index (κ1) is 30.6. The zero-order chi connectivity index (χ0) is 30.0. The van der Waals surface area contributed by atoms with E-state index in [-0.39, 0.29) is 17.7 Å². The van der Waals surface area contributed by atoms with Crippen LogP contribution < -0.4 is 10.1 Å². The van der Waals surface area contributed by atoms with Gasteiger partial charge in [-0.15, -0.1) is 0 Å². The van der Waals surface area contributed by atoms with Crippen molar-refractivity contribution in [1.29, 1.82) is 0 Å².